The normalized spacial score (nSPS) is 28.4. The molecule has 0 aromatic heterocycles. The molecule has 28 heavy (non-hydrogen) atoms. The highest BCUT2D eigenvalue weighted by molar-refractivity contribution is 6.05. The van der Waals surface area contributed by atoms with E-state index in [0.29, 0.717) is 24.9 Å². The van der Waals surface area contributed by atoms with Crippen LogP contribution in [0.3, 0.4) is 0 Å². The van der Waals surface area contributed by atoms with Crippen LogP contribution in [0.15, 0.2) is 18.2 Å². The van der Waals surface area contributed by atoms with Gasteiger partial charge in [0.05, 0.1) is 0 Å². The first kappa shape index (κ1) is 19.1. The smallest absolute Gasteiger partial charge is 0.255 e. The van der Waals surface area contributed by atoms with Crippen LogP contribution in [0.4, 0.5) is 0 Å². The van der Waals surface area contributed by atoms with Crippen molar-refractivity contribution in [2.75, 3.05) is 20.1 Å². The fourth-order valence-electron chi connectivity index (χ4n) is 4.72. The van der Waals surface area contributed by atoms with Crippen molar-refractivity contribution in [2.45, 2.75) is 51.4 Å². The van der Waals surface area contributed by atoms with Crippen LogP contribution >= 0.6 is 0 Å². The van der Waals surface area contributed by atoms with E-state index in [1.54, 1.807) is 4.90 Å². The van der Waals surface area contributed by atoms with E-state index in [4.69, 9.17) is 0 Å². The lowest BCUT2D eigenvalue weighted by Crippen LogP contribution is -2.52. The van der Waals surface area contributed by atoms with Crippen LogP contribution < -0.4 is 10.6 Å². The summed E-state index contributed by atoms with van der Waals surface area (Å²) in [6.45, 7) is 5.44. The minimum Gasteiger partial charge on any atom is -0.322 e. The van der Waals surface area contributed by atoms with Gasteiger partial charge >= 0.3 is 0 Å². The Morgan fingerprint density at radius 1 is 1.21 bits per heavy atom. The number of piperidine rings is 2. The summed E-state index contributed by atoms with van der Waals surface area (Å²) in [5.74, 6) is -0.0617. The molecule has 1 aromatic carbocycles. The van der Waals surface area contributed by atoms with E-state index in [0.717, 1.165) is 42.7 Å². The summed E-state index contributed by atoms with van der Waals surface area (Å²) in [6.07, 6.45) is 1.81. The monoisotopic (exact) mass is 384 g/mol. The number of fused-ring (bicyclic) bond motifs is 1. The molecule has 7 heteroatoms. The predicted octanol–water partition coefficient (Wildman–Crippen LogP) is 0.877. The van der Waals surface area contributed by atoms with Gasteiger partial charge in [-0.2, -0.15) is 0 Å². The minimum absolute atomic E-state index is 0.0874. The average molecular weight is 384 g/mol. The molecule has 150 valence electrons. The highest BCUT2D eigenvalue weighted by Gasteiger charge is 2.40. The van der Waals surface area contributed by atoms with Gasteiger partial charge in [-0.05, 0) is 43.5 Å². The molecule has 1 unspecified atom stereocenters. The number of hydrogen-bond donors (Lipinski definition) is 2. The van der Waals surface area contributed by atoms with Crippen LogP contribution in [0.1, 0.15) is 47.7 Å². The van der Waals surface area contributed by atoms with E-state index >= 15 is 0 Å². The van der Waals surface area contributed by atoms with Crippen molar-refractivity contribution < 1.29 is 14.4 Å². The molecule has 2 saturated heterocycles. The van der Waals surface area contributed by atoms with Crippen molar-refractivity contribution in [1.82, 2.24) is 20.4 Å². The summed E-state index contributed by atoms with van der Waals surface area (Å²) >= 11 is 0. The second-order valence-electron chi connectivity index (χ2n) is 8.25. The minimum atomic E-state index is -0.560. The van der Waals surface area contributed by atoms with Crippen molar-refractivity contribution in [3.63, 3.8) is 0 Å². The zero-order valence-corrected chi connectivity index (χ0v) is 16.5. The van der Waals surface area contributed by atoms with Crippen LogP contribution in [0.5, 0.6) is 0 Å². The van der Waals surface area contributed by atoms with Crippen LogP contribution in [0.2, 0.25) is 0 Å². The Bertz CT molecular complexity index is 809. The summed E-state index contributed by atoms with van der Waals surface area (Å²) < 4.78 is 0. The number of nitrogens with zero attached hydrogens (tertiary/aromatic N) is 2. The number of likely N-dealkylation sites (N-methyl/N-ethyl adjacent to an activating group) is 1. The van der Waals surface area contributed by atoms with Crippen LogP contribution in [0.25, 0.3) is 0 Å². The molecular formula is C21H28N4O3. The third-order valence-electron chi connectivity index (χ3n) is 6.45. The molecule has 2 N–H and O–H groups in total. The molecule has 1 aromatic rings. The van der Waals surface area contributed by atoms with Gasteiger partial charge in [0.2, 0.25) is 11.8 Å². The highest BCUT2D eigenvalue weighted by atomic mass is 16.2. The van der Waals surface area contributed by atoms with E-state index in [1.165, 1.54) is 0 Å². The van der Waals surface area contributed by atoms with Gasteiger partial charge in [-0.1, -0.05) is 25.1 Å². The Kier molecular flexibility index (Phi) is 5.21. The molecule has 0 bridgehead atoms. The molecule has 3 aliphatic rings. The van der Waals surface area contributed by atoms with Crippen LogP contribution in [0, 0.1) is 5.92 Å². The molecule has 0 spiro atoms. The van der Waals surface area contributed by atoms with E-state index < -0.39 is 6.04 Å². The number of nitrogens with one attached hydrogen (secondary N) is 2. The Balaban J connectivity index is 1.52. The Morgan fingerprint density at radius 2 is 2.04 bits per heavy atom. The molecule has 2 fully saturated rings. The maximum Gasteiger partial charge on any atom is 0.255 e. The predicted molar refractivity (Wildman–Crippen MR) is 104 cm³/mol. The first-order valence-corrected chi connectivity index (χ1v) is 10.1. The Hall–Kier alpha value is -2.25. The number of imide groups is 1. The lowest BCUT2D eigenvalue weighted by atomic mass is 9.93. The third kappa shape index (κ3) is 3.44. The Labute approximate surface area is 165 Å². The second-order valence-corrected chi connectivity index (χ2v) is 8.25. The topological polar surface area (TPSA) is 81.8 Å². The molecule has 3 heterocycles. The molecule has 4 rings (SSSR count). The first-order chi connectivity index (χ1) is 13.5. The summed E-state index contributed by atoms with van der Waals surface area (Å²) in [5, 5.41) is 5.76. The largest absolute Gasteiger partial charge is 0.322 e. The van der Waals surface area contributed by atoms with Gasteiger partial charge in [-0.15, -0.1) is 0 Å². The van der Waals surface area contributed by atoms with Crippen molar-refractivity contribution in [2.24, 2.45) is 5.92 Å². The number of likely N-dealkylation sites (tertiary alicyclic amines) is 1. The SMILES string of the molecule is CN[C@H]1CN(Cc2cccc3c2C(=O)N(C2CCC(=O)NC2=O)C3)CC[C@H]1C. The molecule has 0 aliphatic carbocycles. The van der Waals surface area contributed by atoms with Gasteiger partial charge in [-0.3, -0.25) is 24.6 Å². The molecule has 0 saturated carbocycles. The molecule has 3 amide bonds. The summed E-state index contributed by atoms with van der Waals surface area (Å²) in [5.41, 5.74) is 2.75. The first-order valence-electron chi connectivity index (χ1n) is 10.1. The van der Waals surface area contributed by atoms with Gasteiger partial charge in [0, 0.05) is 37.7 Å². The van der Waals surface area contributed by atoms with Crippen molar-refractivity contribution >= 4 is 17.7 Å². The number of carbonyl (C=O) groups excluding carboxylic acids is 3. The van der Waals surface area contributed by atoms with E-state index in [9.17, 15) is 14.4 Å². The van der Waals surface area contributed by atoms with Gasteiger partial charge in [0.25, 0.3) is 5.91 Å². The van der Waals surface area contributed by atoms with Crippen molar-refractivity contribution in [3.8, 4) is 0 Å². The summed E-state index contributed by atoms with van der Waals surface area (Å²) in [6, 6.07) is 5.89. The van der Waals surface area contributed by atoms with Gasteiger partial charge < -0.3 is 10.2 Å². The average Bonchev–Trinajstić information content (AvgIpc) is 3.01. The number of amides is 3. The number of rotatable bonds is 4. The number of benzene rings is 1. The van der Waals surface area contributed by atoms with Gasteiger partial charge in [0.1, 0.15) is 6.04 Å². The molecule has 3 aliphatic heterocycles. The standard InChI is InChI=1S/C21H28N4O3/c1-13-8-9-24(12-16(13)22-2)10-14-4-3-5-15-11-25(21(28)19(14)15)17-6-7-18(26)23-20(17)27/h3-5,13,16-17,22H,6-12H2,1-2H3,(H,23,26,27)/t13-,16+,17?/m1/s1. The second kappa shape index (κ2) is 7.64. The Morgan fingerprint density at radius 3 is 2.79 bits per heavy atom. The zero-order valence-electron chi connectivity index (χ0n) is 16.5. The van der Waals surface area contributed by atoms with E-state index in [1.807, 2.05) is 25.2 Å². The summed E-state index contributed by atoms with van der Waals surface area (Å²) in [4.78, 5) is 40.9. The van der Waals surface area contributed by atoms with Crippen molar-refractivity contribution in [1.29, 1.82) is 0 Å². The van der Waals surface area contributed by atoms with Crippen LogP contribution in [-0.2, 0) is 22.7 Å². The quantitative estimate of drug-likeness (QED) is 0.753. The summed E-state index contributed by atoms with van der Waals surface area (Å²) in [7, 11) is 2.01. The van der Waals surface area contributed by atoms with E-state index in [-0.39, 0.29) is 24.1 Å². The zero-order chi connectivity index (χ0) is 19.8. The lowest BCUT2D eigenvalue weighted by Gasteiger charge is -2.37. The van der Waals surface area contributed by atoms with E-state index in [2.05, 4.69) is 22.5 Å². The number of hydrogen-bond acceptors (Lipinski definition) is 5. The fraction of sp³-hybridized carbons (Fsp3) is 0.571. The highest BCUT2D eigenvalue weighted by Crippen LogP contribution is 2.31. The van der Waals surface area contributed by atoms with Gasteiger partial charge in [-0.25, -0.2) is 0 Å². The molecule has 0 radical (unpaired) electrons. The molecule has 3 atom stereocenters. The van der Waals surface area contributed by atoms with Crippen molar-refractivity contribution in [3.05, 3.63) is 34.9 Å². The molecular weight excluding hydrogens is 356 g/mol. The number of carbonyl (C=O) groups is 3. The third-order valence-corrected chi connectivity index (χ3v) is 6.45. The van der Waals surface area contributed by atoms with Crippen LogP contribution in [-0.4, -0.2) is 59.7 Å². The molecule has 7 nitrogen and oxygen atoms in total. The van der Waals surface area contributed by atoms with Gasteiger partial charge in [0.15, 0.2) is 0 Å². The fourth-order valence-corrected chi connectivity index (χ4v) is 4.72. The lowest BCUT2D eigenvalue weighted by molar-refractivity contribution is -0.136. The maximum atomic E-state index is 13.2. The maximum absolute atomic E-state index is 13.2.